The van der Waals surface area contributed by atoms with Crippen molar-refractivity contribution in [2.75, 3.05) is 5.32 Å². The molecule has 0 aromatic carbocycles. The molecule has 0 spiro atoms. The number of H-pyrrole nitrogens is 1. The lowest BCUT2D eigenvalue weighted by molar-refractivity contribution is -0.147. The van der Waals surface area contributed by atoms with E-state index in [1.165, 1.54) is 0 Å². The van der Waals surface area contributed by atoms with Crippen LogP contribution in [0.2, 0.25) is 0 Å². The highest BCUT2D eigenvalue weighted by molar-refractivity contribution is 6.04. The van der Waals surface area contributed by atoms with E-state index in [2.05, 4.69) is 10.3 Å². The molecule has 0 aliphatic rings. The third-order valence-corrected chi connectivity index (χ3v) is 2.08. The predicted molar refractivity (Wildman–Crippen MR) is 55.4 cm³/mol. The lowest BCUT2D eigenvalue weighted by Gasteiger charge is -2.14. The molecule has 1 atom stereocenters. The molecule has 0 aliphatic heterocycles. The van der Waals surface area contributed by atoms with Gasteiger partial charge in [0, 0.05) is 12.4 Å². The van der Waals surface area contributed by atoms with Crippen molar-refractivity contribution < 1.29 is 14.7 Å². The lowest BCUT2D eigenvalue weighted by atomic mass is 9.95. The Balaban J connectivity index is 2.69. The predicted octanol–water partition coefficient (Wildman–Crippen LogP) is 1.31. The molecule has 1 heterocycles. The lowest BCUT2D eigenvalue weighted by Crippen LogP contribution is -2.33. The van der Waals surface area contributed by atoms with Crippen molar-refractivity contribution >= 4 is 17.6 Å². The van der Waals surface area contributed by atoms with Crippen LogP contribution in [0.15, 0.2) is 18.5 Å². The van der Waals surface area contributed by atoms with Gasteiger partial charge in [0.15, 0.2) is 0 Å². The molecular formula is C10H14N2O3. The van der Waals surface area contributed by atoms with E-state index >= 15 is 0 Å². The Labute approximate surface area is 87.5 Å². The Bertz CT molecular complexity index is 344. The zero-order chi connectivity index (χ0) is 11.4. The van der Waals surface area contributed by atoms with Gasteiger partial charge in [0.25, 0.3) is 0 Å². The van der Waals surface area contributed by atoms with Crippen LogP contribution in [0.1, 0.15) is 13.8 Å². The molecule has 1 unspecified atom stereocenters. The van der Waals surface area contributed by atoms with E-state index in [4.69, 9.17) is 5.11 Å². The van der Waals surface area contributed by atoms with Gasteiger partial charge in [-0.05, 0) is 12.0 Å². The Morgan fingerprint density at radius 3 is 2.53 bits per heavy atom. The molecular weight excluding hydrogens is 196 g/mol. The summed E-state index contributed by atoms with van der Waals surface area (Å²) >= 11 is 0. The van der Waals surface area contributed by atoms with Crippen molar-refractivity contribution in [3.63, 3.8) is 0 Å². The summed E-state index contributed by atoms with van der Waals surface area (Å²) in [6, 6.07) is 1.66. The molecule has 82 valence electrons. The fourth-order valence-electron chi connectivity index (χ4n) is 1.32. The molecule has 0 bridgehead atoms. The maximum atomic E-state index is 11.6. The summed E-state index contributed by atoms with van der Waals surface area (Å²) in [6.45, 7) is 3.41. The Hall–Kier alpha value is -1.78. The number of carboxylic acid groups (broad SMARTS) is 1. The van der Waals surface area contributed by atoms with Crippen molar-refractivity contribution in [3.05, 3.63) is 18.5 Å². The molecule has 5 nitrogen and oxygen atoms in total. The van der Waals surface area contributed by atoms with Crippen LogP contribution in [-0.2, 0) is 9.59 Å². The van der Waals surface area contributed by atoms with Crippen LogP contribution >= 0.6 is 0 Å². The highest BCUT2D eigenvalue weighted by Gasteiger charge is 2.29. The summed E-state index contributed by atoms with van der Waals surface area (Å²) in [7, 11) is 0. The summed E-state index contributed by atoms with van der Waals surface area (Å²) in [5.74, 6) is -2.84. The fraction of sp³-hybridized carbons (Fsp3) is 0.400. The molecule has 1 rings (SSSR count). The smallest absolute Gasteiger partial charge is 0.316 e. The van der Waals surface area contributed by atoms with E-state index < -0.39 is 17.8 Å². The first kappa shape index (κ1) is 11.3. The van der Waals surface area contributed by atoms with Gasteiger partial charge >= 0.3 is 5.97 Å². The average molecular weight is 210 g/mol. The third kappa shape index (κ3) is 2.83. The monoisotopic (exact) mass is 210 g/mol. The second kappa shape index (κ2) is 4.63. The number of hydrogen-bond donors (Lipinski definition) is 3. The number of rotatable bonds is 4. The first-order chi connectivity index (χ1) is 7.02. The number of carboxylic acids is 1. The molecule has 0 aliphatic carbocycles. The minimum atomic E-state index is -1.10. The maximum absolute atomic E-state index is 11.6. The molecule has 15 heavy (non-hydrogen) atoms. The van der Waals surface area contributed by atoms with Gasteiger partial charge in [-0.1, -0.05) is 13.8 Å². The molecule has 0 saturated heterocycles. The van der Waals surface area contributed by atoms with E-state index in [-0.39, 0.29) is 5.92 Å². The summed E-state index contributed by atoms with van der Waals surface area (Å²) < 4.78 is 0. The second-order valence-corrected chi connectivity index (χ2v) is 3.65. The highest BCUT2D eigenvalue weighted by atomic mass is 16.4. The molecule has 0 fully saturated rings. The fourth-order valence-corrected chi connectivity index (χ4v) is 1.32. The van der Waals surface area contributed by atoms with Gasteiger partial charge in [0.1, 0.15) is 5.92 Å². The first-order valence-corrected chi connectivity index (χ1v) is 4.69. The van der Waals surface area contributed by atoms with Crippen LogP contribution in [0, 0.1) is 11.8 Å². The van der Waals surface area contributed by atoms with E-state index in [9.17, 15) is 9.59 Å². The summed E-state index contributed by atoms with van der Waals surface area (Å²) in [5, 5.41) is 11.4. The number of carbonyl (C=O) groups is 2. The minimum Gasteiger partial charge on any atom is -0.481 e. The normalized spacial score (nSPS) is 12.5. The molecule has 0 radical (unpaired) electrons. The van der Waals surface area contributed by atoms with E-state index in [0.717, 1.165) is 0 Å². The first-order valence-electron chi connectivity index (χ1n) is 4.69. The number of amides is 1. The SMILES string of the molecule is CC(C)C(C(=O)O)C(=O)Nc1cc[nH]c1. The number of anilines is 1. The van der Waals surface area contributed by atoms with E-state index in [1.54, 1.807) is 32.3 Å². The summed E-state index contributed by atoms with van der Waals surface area (Å²) in [5.41, 5.74) is 0.576. The van der Waals surface area contributed by atoms with Crippen LogP contribution in [0.25, 0.3) is 0 Å². The van der Waals surface area contributed by atoms with Crippen LogP contribution in [-0.4, -0.2) is 22.0 Å². The van der Waals surface area contributed by atoms with Gasteiger partial charge in [-0.3, -0.25) is 9.59 Å². The molecule has 0 saturated carbocycles. The van der Waals surface area contributed by atoms with Crippen molar-refractivity contribution in [3.8, 4) is 0 Å². The van der Waals surface area contributed by atoms with Crippen LogP contribution in [0.3, 0.4) is 0 Å². The van der Waals surface area contributed by atoms with E-state index in [1.807, 2.05) is 0 Å². The van der Waals surface area contributed by atoms with Gasteiger partial charge < -0.3 is 15.4 Å². The maximum Gasteiger partial charge on any atom is 0.316 e. The zero-order valence-electron chi connectivity index (χ0n) is 8.65. The van der Waals surface area contributed by atoms with Gasteiger partial charge in [-0.2, -0.15) is 0 Å². The summed E-state index contributed by atoms with van der Waals surface area (Å²) in [4.78, 5) is 25.2. The van der Waals surface area contributed by atoms with Gasteiger partial charge in [0.05, 0.1) is 5.69 Å². The standard InChI is InChI=1S/C10H14N2O3/c1-6(2)8(10(14)15)9(13)12-7-3-4-11-5-7/h3-6,8,11H,1-2H3,(H,12,13)(H,14,15). The number of aromatic amines is 1. The Morgan fingerprint density at radius 1 is 1.47 bits per heavy atom. The van der Waals surface area contributed by atoms with Crippen molar-refractivity contribution in [2.45, 2.75) is 13.8 Å². The van der Waals surface area contributed by atoms with Gasteiger partial charge in [0.2, 0.25) is 5.91 Å². The molecule has 5 heteroatoms. The van der Waals surface area contributed by atoms with E-state index in [0.29, 0.717) is 5.69 Å². The highest BCUT2D eigenvalue weighted by Crippen LogP contribution is 2.14. The number of aromatic nitrogens is 1. The van der Waals surface area contributed by atoms with Crippen LogP contribution < -0.4 is 5.32 Å². The molecule has 3 N–H and O–H groups in total. The molecule has 1 amide bonds. The quantitative estimate of drug-likeness (QED) is 0.655. The number of nitrogens with one attached hydrogen (secondary N) is 2. The largest absolute Gasteiger partial charge is 0.481 e. The van der Waals surface area contributed by atoms with Crippen molar-refractivity contribution in [2.24, 2.45) is 11.8 Å². The van der Waals surface area contributed by atoms with Crippen molar-refractivity contribution in [1.82, 2.24) is 4.98 Å². The van der Waals surface area contributed by atoms with Gasteiger partial charge in [-0.25, -0.2) is 0 Å². The van der Waals surface area contributed by atoms with Crippen molar-refractivity contribution in [1.29, 1.82) is 0 Å². The number of hydrogen-bond acceptors (Lipinski definition) is 2. The zero-order valence-corrected chi connectivity index (χ0v) is 8.65. The van der Waals surface area contributed by atoms with Crippen LogP contribution in [0.5, 0.6) is 0 Å². The number of carbonyl (C=O) groups excluding carboxylic acids is 1. The minimum absolute atomic E-state index is 0.235. The molecule has 1 aromatic heterocycles. The topological polar surface area (TPSA) is 82.2 Å². The summed E-state index contributed by atoms with van der Waals surface area (Å²) in [6.07, 6.45) is 3.25. The third-order valence-electron chi connectivity index (χ3n) is 2.08. The van der Waals surface area contributed by atoms with Crippen LogP contribution in [0.4, 0.5) is 5.69 Å². The number of aliphatic carboxylic acids is 1. The Kier molecular flexibility index (Phi) is 3.49. The average Bonchev–Trinajstić information content (AvgIpc) is 2.54. The molecule has 1 aromatic rings. The Morgan fingerprint density at radius 2 is 2.13 bits per heavy atom. The second-order valence-electron chi connectivity index (χ2n) is 3.65. The van der Waals surface area contributed by atoms with Gasteiger partial charge in [-0.15, -0.1) is 0 Å².